The van der Waals surface area contributed by atoms with Gasteiger partial charge in [-0.05, 0) is 48.1 Å². The summed E-state index contributed by atoms with van der Waals surface area (Å²) in [5.41, 5.74) is 0.977. The number of rotatable bonds is 12. The third-order valence-corrected chi connectivity index (χ3v) is 5.87. The molecule has 150 valence electrons. The molecule has 0 spiro atoms. The van der Waals surface area contributed by atoms with E-state index in [1.807, 2.05) is 23.8 Å². The van der Waals surface area contributed by atoms with Crippen LogP contribution in [0.5, 0.6) is 0 Å². The summed E-state index contributed by atoms with van der Waals surface area (Å²) in [6.45, 7) is 1.88. The zero-order valence-corrected chi connectivity index (χ0v) is 17.1. The minimum Gasteiger partial charge on any atom is -0.352 e. The van der Waals surface area contributed by atoms with Crippen LogP contribution in [-0.2, 0) is 20.8 Å². The van der Waals surface area contributed by atoms with Crippen LogP contribution < -0.4 is 10.6 Å². The first kappa shape index (κ1) is 21.6. The Hall–Kier alpha value is -1.69. The van der Waals surface area contributed by atoms with Gasteiger partial charge in [0.25, 0.3) is 0 Å². The molecule has 1 aromatic heterocycles. The Morgan fingerprint density at radius 2 is 1.96 bits per heavy atom. The van der Waals surface area contributed by atoms with Crippen molar-refractivity contribution in [2.45, 2.75) is 89.6 Å². The van der Waals surface area contributed by atoms with Crippen molar-refractivity contribution >= 4 is 28.9 Å². The fourth-order valence-electron chi connectivity index (χ4n) is 3.49. The molecule has 5 nitrogen and oxygen atoms in total. The number of thiophene rings is 1. The highest BCUT2D eigenvalue weighted by Gasteiger charge is 2.24. The Morgan fingerprint density at radius 3 is 2.63 bits per heavy atom. The van der Waals surface area contributed by atoms with Gasteiger partial charge >= 0.3 is 0 Å². The molecule has 6 heteroatoms. The molecule has 1 aliphatic carbocycles. The standard InChI is InChI=1S/C21H32N2O3S/c1-2-18(24)10-4-3-5-11-19(21(26)22-17-8-6-7-9-17)23-20(25)14-16-12-13-27-15-16/h12-13,15,17,19H,2-11,14H2,1H3,(H,22,26)(H,23,25). The Morgan fingerprint density at radius 1 is 1.19 bits per heavy atom. The van der Waals surface area contributed by atoms with Crippen molar-refractivity contribution in [3.05, 3.63) is 22.4 Å². The number of carbonyl (C=O) groups excluding carboxylic acids is 3. The van der Waals surface area contributed by atoms with Crippen molar-refractivity contribution in [3.63, 3.8) is 0 Å². The maximum Gasteiger partial charge on any atom is 0.242 e. The number of nitrogens with one attached hydrogen (secondary N) is 2. The van der Waals surface area contributed by atoms with Gasteiger partial charge in [-0.2, -0.15) is 11.3 Å². The van der Waals surface area contributed by atoms with Gasteiger partial charge in [-0.3, -0.25) is 14.4 Å². The summed E-state index contributed by atoms with van der Waals surface area (Å²) < 4.78 is 0. The third kappa shape index (κ3) is 8.24. The first-order chi connectivity index (χ1) is 13.1. The molecule has 2 N–H and O–H groups in total. The van der Waals surface area contributed by atoms with Crippen molar-refractivity contribution in [3.8, 4) is 0 Å². The molecule has 0 radical (unpaired) electrons. The summed E-state index contributed by atoms with van der Waals surface area (Å²) in [6.07, 6.45) is 9.09. The number of unbranched alkanes of at least 4 members (excludes halogenated alkanes) is 2. The summed E-state index contributed by atoms with van der Waals surface area (Å²) in [5.74, 6) is 0.112. The average molecular weight is 393 g/mol. The summed E-state index contributed by atoms with van der Waals surface area (Å²) >= 11 is 1.56. The topological polar surface area (TPSA) is 75.3 Å². The van der Waals surface area contributed by atoms with Crippen LogP contribution >= 0.6 is 11.3 Å². The first-order valence-electron chi connectivity index (χ1n) is 10.2. The quantitative estimate of drug-likeness (QED) is 0.532. The van der Waals surface area contributed by atoms with E-state index in [1.165, 1.54) is 0 Å². The zero-order chi connectivity index (χ0) is 19.5. The van der Waals surface area contributed by atoms with E-state index in [9.17, 15) is 14.4 Å². The van der Waals surface area contributed by atoms with Crippen molar-refractivity contribution in [2.75, 3.05) is 0 Å². The number of Topliss-reactive ketones (excluding diaryl/α,β-unsaturated/α-hetero) is 1. The molecule has 1 fully saturated rings. The lowest BCUT2D eigenvalue weighted by Crippen LogP contribution is -2.49. The predicted octanol–water partition coefficient (Wildman–Crippen LogP) is 3.76. The van der Waals surface area contributed by atoms with E-state index in [0.29, 0.717) is 25.7 Å². The fourth-order valence-corrected chi connectivity index (χ4v) is 4.16. The van der Waals surface area contributed by atoms with Crippen LogP contribution in [0.15, 0.2) is 16.8 Å². The van der Waals surface area contributed by atoms with E-state index >= 15 is 0 Å². The number of hydrogen-bond acceptors (Lipinski definition) is 4. The second-order valence-electron chi connectivity index (χ2n) is 7.41. The van der Waals surface area contributed by atoms with Gasteiger partial charge < -0.3 is 10.6 Å². The van der Waals surface area contributed by atoms with Crippen molar-refractivity contribution in [1.82, 2.24) is 10.6 Å². The van der Waals surface area contributed by atoms with E-state index in [-0.39, 0.29) is 23.6 Å². The second kappa shape index (κ2) is 11.9. The van der Waals surface area contributed by atoms with E-state index < -0.39 is 6.04 Å². The molecular formula is C21H32N2O3S. The lowest BCUT2D eigenvalue weighted by atomic mass is 10.0. The van der Waals surface area contributed by atoms with Gasteiger partial charge in [0.1, 0.15) is 11.8 Å². The smallest absolute Gasteiger partial charge is 0.242 e. The molecule has 27 heavy (non-hydrogen) atoms. The van der Waals surface area contributed by atoms with Gasteiger partial charge in [0.05, 0.1) is 6.42 Å². The number of carbonyl (C=O) groups is 3. The maximum atomic E-state index is 12.7. The van der Waals surface area contributed by atoms with E-state index in [2.05, 4.69) is 10.6 Å². The second-order valence-corrected chi connectivity index (χ2v) is 8.19. The highest BCUT2D eigenvalue weighted by Crippen LogP contribution is 2.18. The number of amides is 2. The molecule has 1 saturated carbocycles. The summed E-state index contributed by atoms with van der Waals surface area (Å²) in [6, 6.07) is 1.69. The molecule has 1 atom stereocenters. The molecule has 1 aromatic rings. The third-order valence-electron chi connectivity index (χ3n) is 5.14. The normalized spacial score (nSPS) is 15.4. The lowest BCUT2D eigenvalue weighted by molar-refractivity contribution is -0.129. The molecule has 2 rings (SSSR count). The molecule has 1 heterocycles. The van der Waals surface area contributed by atoms with Crippen molar-refractivity contribution < 1.29 is 14.4 Å². The minimum absolute atomic E-state index is 0.0646. The van der Waals surface area contributed by atoms with Crippen LogP contribution in [0.25, 0.3) is 0 Å². The van der Waals surface area contributed by atoms with Crippen molar-refractivity contribution in [2.24, 2.45) is 0 Å². The van der Waals surface area contributed by atoms with E-state index in [1.54, 1.807) is 11.3 Å². The minimum atomic E-state index is -0.487. The Balaban J connectivity index is 1.81. The van der Waals surface area contributed by atoms with Gasteiger partial charge in [-0.1, -0.05) is 32.6 Å². The summed E-state index contributed by atoms with van der Waals surface area (Å²) in [4.78, 5) is 36.4. The van der Waals surface area contributed by atoms with E-state index in [4.69, 9.17) is 0 Å². The summed E-state index contributed by atoms with van der Waals surface area (Å²) in [5, 5.41) is 9.94. The van der Waals surface area contributed by atoms with Crippen LogP contribution in [0.2, 0.25) is 0 Å². The molecule has 0 saturated heterocycles. The molecule has 1 aliphatic rings. The van der Waals surface area contributed by atoms with Gasteiger partial charge in [0, 0.05) is 18.9 Å². The zero-order valence-electron chi connectivity index (χ0n) is 16.3. The van der Waals surface area contributed by atoms with Gasteiger partial charge in [-0.25, -0.2) is 0 Å². The van der Waals surface area contributed by atoms with Crippen LogP contribution in [-0.4, -0.2) is 29.7 Å². The summed E-state index contributed by atoms with van der Waals surface area (Å²) in [7, 11) is 0. The van der Waals surface area contributed by atoms with Crippen molar-refractivity contribution in [1.29, 1.82) is 0 Å². The number of hydrogen-bond donors (Lipinski definition) is 2. The van der Waals surface area contributed by atoms with Crippen LogP contribution in [0.4, 0.5) is 0 Å². The Kier molecular flexibility index (Phi) is 9.53. The Bertz CT molecular complexity index is 595. The lowest BCUT2D eigenvalue weighted by Gasteiger charge is -2.21. The monoisotopic (exact) mass is 392 g/mol. The van der Waals surface area contributed by atoms with Gasteiger partial charge in [-0.15, -0.1) is 0 Å². The highest BCUT2D eigenvalue weighted by molar-refractivity contribution is 7.08. The highest BCUT2D eigenvalue weighted by atomic mass is 32.1. The largest absolute Gasteiger partial charge is 0.352 e. The van der Waals surface area contributed by atoms with Crippen LogP contribution in [0.1, 0.15) is 76.7 Å². The first-order valence-corrected chi connectivity index (χ1v) is 11.1. The molecule has 0 aliphatic heterocycles. The van der Waals surface area contributed by atoms with Crippen LogP contribution in [0.3, 0.4) is 0 Å². The number of ketones is 1. The van der Waals surface area contributed by atoms with Gasteiger partial charge in [0.2, 0.25) is 11.8 Å². The molecular weight excluding hydrogens is 360 g/mol. The Labute approximate surface area is 166 Å². The van der Waals surface area contributed by atoms with Gasteiger partial charge in [0.15, 0.2) is 0 Å². The average Bonchev–Trinajstić information content (AvgIpc) is 3.34. The fraction of sp³-hybridized carbons (Fsp3) is 0.667. The maximum absolute atomic E-state index is 12.7. The predicted molar refractivity (Wildman–Crippen MR) is 109 cm³/mol. The molecule has 2 amide bonds. The molecule has 1 unspecified atom stereocenters. The SMILES string of the molecule is CCC(=O)CCCCCC(NC(=O)Cc1ccsc1)C(=O)NC1CCCC1. The molecule has 0 aromatic carbocycles. The van der Waals surface area contributed by atoms with E-state index in [0.717, 1.165) is 50.5 Å². The van der Waals surface area contributed by atoms with Crippen LogP contribution in [0, 0.1) is 0 Å². The molecule has 0 bridgehead atoms.